The van der Waals surface area contributed by atoms with E-state index in [1.54, 1.807) is 0 Å². The molecule has 3 heteroatoms. The maximum atomic E-state index is 5.78. The highest BCUT2D eigenvalue weighted by molar-refractivity contribution is 5.71. The Balaban J connectivity index is 2.33. The average molecular weight is 279 g/mol. The van der Waals surface area contributed by atoms with Crippen molar-refractivity contribution in [2.75, 3.05) is 6.54 Å². The van der Waals surface area contributed by atoms with Gasteiger partial charge in [-0.15, -0.1) is 0 Å². The van der Waals surface area contributed by atoms with Gasteiger partial charge in [0.1, 0.15) is 5.65 Å². The van der Waals surface area contributed by atoms with E-state index in [0.29, 0.717) is 6.54 Å². The summed E-state index contributed by atoms with van der Waals surface area (Å²) in [5.41, 5.74) is 14.0. The van der Waals surface area contributed by atoms with Gasteiger partial charge in [0.2, 0.25) is 0 Å². The van der Waals surface area contributed by atoms with Gasteiger partial charge in [0.05, 0.1) is 11.4 Å². The molecule has 0 bridgehead atoms. The molecule has 3 rings (SSSR count). The van der Waals surface area contributed by atoms with Gasteiger partial charge in [-0.1, -0.05) is 29.8 Å². The Hall–Kier alpha value is -2.13. The van der Waals surface area contributed by atoms with Crippen molar-refractivity contribution in [1.82, 2.24) is 9.38 Å². The number of rotatable bonds is 3. The monoisotopic (exact) mass is 279 g/mol. The lowest BCUT2D eigenvalue weighted by atomic mass is 10.0. The fourth-order valence-corrected chi connectivity index (χ4v) is 2.93. The Bertz CT molecular complexity index is 800. The summed E-state index contributed by atoms with van der Waals surface area (Å²) in [5.74, 6) is 0. The summed E-state index contributed by atoms with van der Waals surface area (Å²) in [6.07, 6.45) is 2.88. The molecule has 2 heterocycles. The number of nitrogens with zero attached hydrogens (tertiary/aromatic N) is 2. The number of imidazole rings is 1. The van der Waals surface area contributed by atoms with E-state index >= 15 is 0 Å². The Labute approximate surface area is 125 Å². The van der Waals surface area contributed by atoms with E-state index in [4.69, 9.17) is 10.7 Å². The molecule has 0 unspecified atom stereocenters. The Morgan fingerprint density at radius 1 is 1.10 bits per heavy atom. The zero-order valence-electron chi connectivity index (χ0n) is 12.9. The molecule has 3 aromatic rings. The lowest BCUT2D eigenvalue weighted by Crippen LogP contribution is -2.04. The highest BCUT2D eigenvalue weighted by Gasteiger charge is 2.16. The summed E-state index contributed by atoms with van der Waals surface area (Å²) in [4.78, 5) is 4.82. The van der Waals surface area contributed by atoms with Gasteiger partial charge < -0.3 is 5.73 Å². The van der Waals surface area contributed by atoms with Gasteiger partial charge in [0, 0.05) is 18.2 Å². The van der Waals surface area contributed by atoms with E-state index in [-0.39, 0.29) is 0 Å². The van der Waals surface area contributed by atoms with Crippen LogP contribution in [0.2, 0.25) is 0 Å². The number of fused-ring (bicyclic) bond motifs is 1. The van der Waals surface area contributed by atoms with Crippen molar-refractivity contribution in [3.63, 3.8) is 0 Å². The molecular weight excluding hydrogens is 258 g/mol. The number of pyridine rings is 1. The molecule has 0 radical (unpaired) electrons. The van der Waals surface area contributed by atoms with E-state index < -0.39 is 0 Å². The molecule has 2 aromatic heterocycles. The van der Waals surface area contributed by atoms with Crippen LogP contribution in [-0.2, 0) is 6.42 Å². The van der Waals surface area contributed by atoms with Gasteiger partial charge in [-0.3, -0.25) is 4.40 Å². The minimum absolute atomic E-state index is 0.612. The zero-order valence-corrected chi connectivity index (χ0v) is 12.9. The van der Waals surface area contributed by atoms with Gasteiger partial charge in [-0.25, -0.2) is 4.98 Å². The zero-order chi connectivity index (χ0) is 15.0. The fraction of sp³-hybridized carbons (Fsp3) is 0.278. The van der Waals surface area contributed by atoms with Gasteiger partial charge >= 0.3 is 0 Å². The molecule has 0 spiro atoms. The first-order valence-electron chi connectivity index (χ1n) is 7.36. The molecule has 3 nitrogen and oxygen atoms in total. The van der Waals surface area contributed by atoms with Crippen molar-refractivity contribution in [2.24, 2.45) is 5.73 Å². The largest absolute Gasteiger partial charge is 0.330 e. The third kappa shape index (κ3) is 2.34. The lowest BCUT2D eigenvalue weighted by molar-refractivity contribution is 0.939. The van der Waals surface area contributed by atoms with Crippen LogP contribution in [-0.4, -0.2) is 15.9 Å². The highest BCUT2D eigenvalue weighted by atomic mass is 15.0. The summed E-state index contributed by atoms with van der Waals surface area (Å²) in [6.45, 7) is 6.99. The maximum Gasteiger partial charge on any atom is 0.140 e. The van der Waals surface area contributed by atoms with Crippen LogP contribution in [0.1, 0.15) is 22.4 Å². The van der Waals surface area contributed by atoms with Crippen LogP contribution in [0.5, 0.6) is 0 Å². The molecular formula is C18H21N3. The molecule has 108 valence electrons. The first-order chi connectivity index (χ1) is 10.1. The van der Waals surface area contributed by atoms with Gasteiger partial charge in [0.25, 0.3) is 0 Å². The Kier molecular flexibility index (Phi) is 3.52. The molecule has 1 aromatic carbocycles. The number of hydrogen-bond acceptors (Lipinski definition) is 2. The summed E-state index contributed by atoms with van der Waals surface area (Å²) in [6, 6.07) is 10.7. The minimum atomic E-state index is 0.612. The number of aromatic nitrogens is 2. The van der Waals surface area contributed by atoms with Crippen molar-refractivity contribution < 1.29 is 0 Å². The lowest BCUT2D eigenvalue weighted by Gasteiger charge is -2.09. The van der Waals surface area contributed by atoms with E-state index in [1.807, 2.05) is 0 Å². The second-order valence-electron chi connectivity index (χ2n) is 5.65. The fourth-order valence-electron chi connectivity index (χ4n) is 2.93. The third-order valence-corrected chi connectivity index (χ3v) is 3.94. The number of benzene rings is 1. The predicted molar refractivity (Wildman–Crippen MR) is 87.6 cm³/mol. The molecule has 0 fully saturated rings. The molecule has 0 saturated heterocycles. The van der Waals surface area contributed by atoms with Gasteiger partial charge in [-0.2, -0.15) is 0 Å². The van der Waals surface area contributed by atoms with Crippen LogP contribution in [0, 0.1) is 20.8 Å². The molecule has 0 atom stereocenters. The van der Waals surface area contributed by atoms with Crippen LogP contribution < -0.4 is 5.73 Å². The average Bonchev–Trinajstić information content (AvgIpc) is 2.79. The van der Waals surface area contributed by atoms with E-state index in [2.05, 4.69) is 61.7 Å². The molecule has 0 saturated carbocycles. The van der Waals surface area contributed by atoms with Crippen molar-refractivity contribution in [1.29, 1.82) is 0 Å². The molecule has 2 N–H and O–H groups in total. The summed E-state index contributed by atoms with van der Waals surface area (Å²) in [7, 11) is 0. The normalized spacial score (nSPS) is 11.2. The van der Waals surface area contributed by atoms with Crippen molar-refractivity contribution in [3.8, 4) is 11.3 Å². The Morgan fingerprint density at radius 3 is 2.62 bits per heavy atom. The molecule has 0 amide bonds. The number of nitrogens with two attached hydrogens (primary N) is 1. The van der Waals surface area contributed by atoms with Crippen LogP contribution in [0.3, 0.4) is 0 Å². The van der Waals surface area contributed by atoms with Crippen LogP contribution in [0.15, 0.2) is 36.5 Å². The van der Waals surface area contributed by atoms with E-state index in [1.165, 1.54) is 27.9 Å². The molecule has 21 heavy (non-hydrogen) atoms. The minimum Gasteiger partial charge on any atom is -0.330 e. The first kappa shape index (κ1) is 13.8. The summed E-state index contributed by atoms with van der Waals surface area (Å²) in [5, 5.41) is 0. The molecule has 0 aliphatic rings. The van der Waals surface area contributed by atoms with Crippen LogP contribution in [0.25, 0.3) is 16.9 Å². The summed E-state index contributed by atoms with van der Waals surface area (Å²) < 4.78 is 2.19. The standard InChI is InChI=1S/C18H21N3/c1-12-6-7-15(14(3)11-12)17-16(8-9-19)20-18-13(2)5-4-10-21(17)18/h4-7,10-11H,8-9,19H2,1-3H3. The third-order valence-electron chi connectivity index (χ3n) is 3.94. The van der Waals surface area contributed by atoms with Crippen molar-refractivity contribution >= 4 is 5.65 Å². The predicted octanol–water partition coefficient (Wildman–Crippen LogP) is 3.43. The van der Waals surface area contributed by atoms with Gasteiger partial charge in [-0.05, 0) is 44.5 Å². The Morgan fingerprint density at radius 2 is 1.90 bits per heavy atom. The van der Waals surface area contributed by atoms with Crippen LogP contribution in [0.4, 0.5) is 0 Å². The smallest absolute Gasteiger partial charge is 0.140 e. The molecule has 0 aliphatic carbocycles. The highest BCUT2D eigenvalue weighted by Crippen LogP contribution is 2.29. The SMILES string of the molecule is Cc1ccc(-c2c(CCN)nc3c(C)cccn23)c(C)c1. The van der Waals surface area contributed by atoms with E-state index in [9.17, 15) is 0 Å². The van der Waals surface area contributed by atoms with Crippen LogP contribution >= 0.6 is 0 Å². The number of aryl methyl sites for hydroxylation is 3. The quantitative estimate of drug-likeness (QED) is 0.798. The topological polar surface area (TPSA) is 43.3 Å². The van der Waals surface area contributed by atoms with Gasteiger partial charge in [0.15, 0.2) is 0 Å². The van der Waals surface area contributed by atoms with E-state index in [0.717, 1.165) is 17.8 Å². The molecule has 0 aliphatic heterocycles. The van der Waals surface area contributed by atoms with Crippen molar-refractivity contribution in [3.05, 3.63) is 58.9 Å². The first-order valence-corrected chi connectivity index (χ1v) is 7.36. The maximum absolute atomic E-state index is 5.78. The second kappa shape index (κ2) is 5.34. The van der Waals surface area contributed by atoms with Crippen molar-refractivity contribution in [2.45, 2.75) is 27.2 Å². The second-order valence-corrected chi connectivity index (χ2v) is 5.65. The number of hydrogen-bond donors (Lipinski definition) is 1. The summed E-state index contributed by atoms with van der Waals surface area (Å²) >= 11 is 0.